The first-order chi connectivity index (χ1) is 17.7. The molecule has 0 aliphatic rings. The molecular formula is C27H20F3NO6. The van der Waals surface area contributed by atoms with E-state index >= 15 is 0 Å². The van der Waals surface area contributed by atoms with Crippen molar-refractivity contribution in [2.45, 2.75) is 19.7 Å². The van der Waals surface area contributed by atoms with Gasteiger partial charge in [0.2, 0.25) is 0 Å². The number of benzene rings is 3. The standard InChI is InChI=1S/C27H20F3NO6/c1-2-35-26(34)31-19-11-12-21-17(13-24(32)37-23(21)14-19)15-36-25(33)22-6-4-3-5-20(22)16-7-9-18(10-8-16)27(28,29)30/h3-14H,2,15H2,1H3,(H,31,34). The molecule has 0 unspecified atom stereocenters. The Morgan fingerprint density at radius 1 is 0.946 bits per heavy atom. The van der Waals surface area contributed by atoms with Crippen LogP contribution in [0.25, 0.3) is 22.1 Å². The number of halogens is 3. The second kappa shape index (κ2) is 10.6. The van der Waals surface area contributed by atoms with Crippen LogP contribution in [0.5, 0.6) is 0 Å². The van der Waals surface area contributed by atoms with E-state index in [4.69, 9.17) is 13.9 Å². The second-order valence-electron chi connectivity index (χ2n) is 7.84. The summed E-state index contributed by atoms with van der Waals surface area (Å²) in [5.74, 6) is -0.725. The van der Waals surface area contributed by atoms with Crippen LogP contribution in [0.3, 0.4) is 0 Å². The van der Waals surface area contributed by atoms with Crippen molar-refractivity contribution in [1.82, 2.24) is 0 Å². The number of esters is 1. The molecule has 3 aromatic carbocycles. The van der Waals surface area contributed by atoms with Gasteiger partial charge >= 0.3 is 23.9 Å². The maximum atomic E-state index is 12.9. The van der Waals surface area contributed by atoms with Gasteiger partial charge in [-0.25, -0.2) is 14.4 Å². The Balaban J connectivity index is 1.56. The zero-order chi connectivity index (χ0) is 26.6. The number of anilines is 1. The predicted octanol–water partition coefficient (Wildman–Crippen LogP) is 6.40. The van der Waals surface area contributed by atoms with Gasteiger partial charge in [0.1, 0.15) is 12.2 Å². The van der Waals surface area contributed by atoms with Crippen molar-refractivity contribution in [2.24, 2.45) is 0 Å². The van der Waals surface area contributed by atoms with Gasteiger partial charge in [-0.3, -0.25) is 5.32 Å². The van der Waals surface area contributed by atoms with Crippen LogP contribution in [0.15, 0.2) is 82.0 Å². The number of hydrogen-bond donors (Lipinski definition) is 1. The van der Waals surface area contributed by atoms with Crippen LogP contribution >= 0.6 is 0 Å². The van der Waals surface area contributed by atoms with Gasteiger partial charge in [-0.1, -0.05) is 30.3 Å². The van der Waals surface area contributed by atoms with Crippen LogP contribution in [-0.2, 0) is 22.3 Å². The van der Waals surface area contributed by atoms with E-state index in [2.05, 4.69) is 5.32 Å². The smallest absolute Gasteiger partial charge is 0.416 e. The summed E-state index contributed by atoms with van der Waals surface area (Å²) in [6.45, 7) is 1.58. The van der Waals surface area contributed by atoms with E-state index in [0.717, 1.165) is 12.1 Å². The second-order valence-corrected chi connectivity index (χ2v) is 7.84. The van der Waals surface area contributed by atoms with Crippen LogP contribution in [-0.4, -0.2) is 18.7 Å². The maximum Gasteiger partial charge on any atom is 0.416 e. The van der Waals surface area contributed by atoms with Gasteiger partial charge in [0.25, 0.3) is 0 Å². The fourth-order valence-electron chi connectivity index (χ4n) is 3.68. The average Bonchev–Trinajstić information content (AvgIpc) is 2.86. The predicted molar refractivity (Wildman–Crippen MR) is 129 cm³/mol. The highest BCUT2D eigenvalue weighted by atomic mass is 19.4. The lowest BCUT2D eigenvalue weighted by Gasteiger charge is -2.12. The Labute approximate surface area is 208 Å². The Bertz CT molecular complexity index is 1510. The van der Waals surface area contributed by atoms with Gasteiger partial charge in [0.05, 0.1) is 17.7 Å². The molecule has 1 amide bonds. The summed E-state index contributed by atoms with van der Waals surface area (Å²) in [4.78, 5) is 36.7. The molecular weight excluding hydrogens is 491 g/mol. The van der Waals surface area contributed by atoms with E-state index in [0.29, 0.717) is 27.8 Å². The average molecular weight is 511 g/mol. The third-order valence-electron chi connectivity index (χ3n) is 5.38. The Kier molecular flexibility index (Phi) is 7.28. The van der Waals surface area contributed by atoms with Crippen LogP contribution in [0.2, 0.25) is 0 Å². The molecule has 10 heteroatoms. The first-order valence-electron chi connectivity index (χ1n) is 11.1. The van der Waals surface area contributed by atoms with E-state index in [1.807, 2.05) is 0 Å². The highest BCUT2D eigenvalue weighted by Gasteiger charge is 2.30. The summed E-state index contributed by atoms with van der Waals surface area (Å²) in [5.41, 5.74) is 0.349. The number of ether oxygens (including phenoxy) is 2. The minimum absolute atomic E-state index is 0.149. The highest BCUT2D eigenvalue weighted by molar-refractivity contribution is 5.97. The normalized spacial score (nSPS) is 11.2. The number of alkyl halides is 3. The summed E-state index contributed by atoms with van der Waals surface area (Å²) < 4.78 is 54.2. The van der Waals surface area contributed by atoms with Crippen molar-refractivity contribution in [3.8, 4) is 11.1 Å². The minimum atomic E-state index is -4.47. The van der Waals surface area contributed by atoms with E-state index < -0.39 is 29.4 Å². The summed E-state index contributed by atoms with van der Waals surface area (Å²) in [6, 6.07) is 16.6. The SMILES string of the molecule is CCOC(=O)Nc1ccc2c(COC(=O)c3ccccc3-c3ccc(C(F)(F)F)cc3)cc(=O)oc2c1. The number of carbonyl (C=O) groups excluding carboxylic acids is 2. The molecule has 0 aliphatic carbocycles. The van der Waals surface area contributed by atoms with Gasteiger partial charge in [-0.15, -0.1) is 0 Å². The molecule has 0 fully saturated rings. The number of amides is 1. The quantitative estimate of drug-likeness (QED) is 0.238. The van der Waals surface area contributed by atoms with Crippen molar-refractivity contribution >= 4 is 28.7 Å². The molecule has 0 radical (unpaired) electrons. The number of nitrogens with one attached hydrogen (secondary N) is 1. The molecule has 0 aliphatic heterocycles. The highest BCUT2D eigenvalue weighted by Crippen LogP contribution is 2.32. The molecule has 1 N–H and O–H groups in total. The van der Waals surface area contributed by atoms with Crippen molar-refractivity contribution in [1.29, 1.82) is 0 Å². The number of fused-ring (bicyclic) bond motifs is 1. The number of hydrogen-bond acceptors (Lipinski definition) is 6. The van der Waals surface area contributed by atoms with Crippen LogP contribution in [0.4, 0.5) is 23.7 Å². The lowest BCUT2D eigenvalue weighted by molar-refractivity contribution is -0.137. The van der Waals surface area contributed by atoms with Crippen molar-refractivity contribution in [2.75, 3.05) is 11.9 Å². The lowest BCUT2D eigenvalue weighted by atomic mass is 9.98. The molecule has 0 spiro atoms. The Hall–Kier alpha value is -4.60. The molecule has 0 atom stereocenters. The first-order valence-corrected chi connectivity index (χ1v) is 11.1. The van der Waals surface area contributed by atoms with E-state index in [-0.39, 0.29) is 24.4 Å². The van der Waals surface area contributed by atoms with Crippen LogP contribution in [0.1, 0.15) is 28.4 Å². The molecule has 0 saturated carbocycles. The molecule has 37 heavy (non-hydrogen) atoms. The monoisotopic (exact) mass is 511 g/mol. The number of rotatable bonds is 6. The zero-order valence-electron chi connectivity index (χ0n) is 19.4. The minimum Gasteiger partial charge on any atom is -0.457 e. The van der Waals surface area contributed by atoms with Gasteiger partial charge in [-0.2, -0.15) is 13.2 Å². The van der Waals surface area contributed by atoms with E-state index in [1.54, 1.807) is 37.3 Å². The maximum absolute atomic E-state index is 12.9. The Morgan fingerprint density at radius 2 is 1.68 bits per heavy atom. The van der Waals surface area contributed by atoms with Crippen molar-refractivity contribution in [3.05, 3.63) is 99.9 Å². The van der Waals surface area contributed by atoms with Gasteiger partial charge in [-0.05, 0) is 48.4 Å². The molecule has 190 valence electrons. The first kappa shape index (κ1) is 25.5. The summed E-state index contributed by atoms with van der Waals surface area (Å²) in [6.07, 6.45) is -5.14. The van der Waals surface area contributed by atoms with E-state index in [9.17, 15) is 27.6 Å². The molecule has 4 rings (SSSR count). The Morgan fingerprint density at radius 3 is 2.38 bits per heavy atom. The topological polar surface area (TPSA) is 94.8 Å². The fourth-order valence-corrected chi connectivity index (χ4v) is 3.68. The van der Waals surface area contributed by atoms with E-state index in [1.165, 1.54) is 30.3 Å². The van der Waals surface area contributed by atoms with Gasteiger partial charge in [0.15, 0.2) is 0 Å². The molecule has 1 aromatic heterocycles. The van der Waals surface area contributed by atoms with Crippen LogP contribution in [0, 0.1) is 0 Å². The van der Waals surface area contributed by atoms with Crippen molar-refractivity contribution in [3.63, 3.8) is 0 Å². The lowest BCUT2D eigenvalue weighted by Crippen LogP contribution is -2.13. The van der Waals surface area contributed by atoms with Crippen LogP contribution < -0.4 is 10.9 Å². The van der Waals surface area contributed by atoms with Crippen molar-refractivity contribution < 1.29 is 36.7 Å². The molecule has 0 saturated heterocycles. The number of carbonyl (C=O) groups is 2. The van der Waals surface area contributed by atoms with Gasteiger partial charge < -0.3 is 13.9 Å². The summed E-state index contributed by atoms with van der Waals surface area (Å²) in [7, 11) is 0. The largest absolute Gasteiger partial charge is 0.457 e. The summed E-state index contributed by atoms with van der Waals surface area (Å²) >= 11 is 0. The molecule has 1 heterocycles. The molecule has 4 aromatic rings. The third kappa shape index (κ3) is 5.97. The molecule has 7 nitrogen and oxygen atoms in total. The summed E-state index contributed by atoms with van der Waals surface area (Å²) in [5, 5.41) is 2.99. The fraction of sp³-hybridized carbons (Fsp3) is 0.148. The molecule has 0 bridgehead atoms. The third-order valence-corrected chi connectivity index (χ3v) is 5.38. The zero-order valence-corrected chi connectivity index (χ0v) is 19.4. The van der Waals surface area contributed by atoms with Gasteiger partial charge in [0, 0.05) is 28.8 Å².